The predicted octanol–water partition coefficient (Wildman–Crippen LogP) is 1.26. The average molecular weight is 467 g/mol. The molecule has 3 rings (SSSR count). The van der Waals surface area contributed by atoms with Gasteiger partial charge in [-0.2, -0.15) is 13.2 Å². The minimum Gasteiger partial charge on any atom is -0.475 e. The second-order valence-electron chi connectivity index (χ2n) is 7.15. The Morgan fingerprint density at radius 2 is 1.90 bits per heavy atom. The van der Waals surface area contributed by atoms with Crippen LogP contribution >= 0.6 is 0 Å². The van der Waals surface area contributed by atoms with E-state index in [-0.39, 0.29) is 18.3 Å². The number of morpholine rings is 1. The molecule has 2 saturated heterocycles. The number of amides is 1. The van der Waals surface area contributed by atoms with Gasteiger partial charge in [-0.05, 0) is 31.9 Å². The van der Waals surface area contributed by atoms with Gasteiger partial charge in [0, 0.05) is 19.3 Å². The van der Waals surface area contributed by atoms with E-state index in [4.69, 9.17) is 14.6 Å². The van der Waals surface area contributed by atoms with Crippen molar-refractivity contribution in [2.45, 2.75) is 38.1 Å². The quantitative estimate of drug-likeness (QED) is 0.708. The molecule has 1 aromatic rings. The van der Waals surface area contributed by atoms with E-state index in [1.807, 2.05) is 18.2 Å². The average Bonchev–Trinajstić information content (AvgIpc) is 2.72. The van der Waals surface area contributed by atoms with Crippen LogP contribution in [0.2, 0.25) is 0 Å². The number of pyridine rings is 1. The molecule has 0 aromatic carbocycles. The molecule has 1 amide bonds. The molecule has 0 aliphatic carbocycles. The van der Waals surface area contributed by atoms with Crippen molar-refractivity contribution in [2.24, 2.45) is 0 Å². The van der Waals surface area contributed by atoms with Crippen LogP contribution in [0.5, 0.6) is 0 Å². The summed E-state index contributed by atoms with van der Waals surface area (Å²) in [6.45, 7) is 3.55. The van der Waals surface area contributed by atoms with Crippen LogP contribution in [0.15, 0.2) is 24.4 Å². The number of nitrogens with zero attached hydrogens (tertiary/aromatic N) is 3. The smallest absolute Gasteiger partial charge is 0.475 e. The number of carboxylic acid groups (broad SMARTS) is 1. The fourth-order valence-electron chi connectivity index (χ4n) is 3.28. The molecule has 1 N–H and O–H groups in total. The standard InChI is InChI=1S/C16H23N3O4S.C2HF3O2/c1-2-24(21,22)19-9-6-16(7-10-19)13-18(15(20)12-23-16)11-14-5-3-4-8-17-14;3-2(4,5)1(6)7/h3-5,8H,2,6-7,9-13H2,1H3;(H,6,7). The van der Waals surface area contributed by atoms with E-state index in [0.717, 1.165) is 5.69 Å². The first kappa shape index (κ1) is 25.0. The highest BCUT2D eigenvalue weighted by Crippen LogP contribution is 2.32. The van der Waals surface area contributed by atoms with Crippen LogP contribution in [-0.4, -0.2) is 83.4 Å². The highest BCUT2D eigenvalue weighted by Gasteiger charge is 2.44. The summed E-state index contributed by atoms with van der Waals surface area (Å²) < 4.78 is 63.1. The van der Waals surface area contributed by atoms with E-state index in [1.165, 1.54) is 4.31 Å². The number of aromatic nitrogens is 1. The first-order valence-electron chi connectivity index (χ1n) is 9.48. The van der Waals surface area contributed by atoms with Crippen LogP contribution in [0.1, 0.15) is 25.5 Å². The highest BCUT2D eigenvalue weighted by atomic mass is 32.2. The van der Waals surface area contributed by atoms with E-state index in [0.29, 0.717) is 39.0 Å². The van der Waals surface area contributed by atoms with Crippen molar-refractivity contribution in [1.82, 2.24) is 14.2 Å². The lowest BCUT2D eigenvalue weighted by Gasteiger charge is -2.46. The van der Waals surface area contributed by atoms with E-state index < -0.39 is 27.8 Å². The van der Waals surface area contributed by atoms with Crippen molar-refractivity contribution in [1.29, 1.82) is 0 Å². The van der Waals surface area contributed by atoms with Crippen molar-refractivity contribution < 1.29 is 41.0 Å². The van der Waals surface area contributed by atoms with Crippen LogP contribution in [0.4, 0.5) is 13.2 Å². The summed E-state index contributed by atoms with van der Waals surface area (Å²) in [6, 6.07) is 5.64. The predicted molar refractivity (Wildman–Crippen MR) is 102 cm³/mol. The topological polar surface area (TPSA) is 117 Å². The van der Waals surface area contributed by atoms with Crippen molar-refractivity contribution in [3.05, 3.63) is 30.1 Å². The van der Waals surface area contributed by atoms with Gasteiger partial charge in [-0.3, -0.25) is 9.78 Å². The number of carboxylic acids is 1. The van der Waals surface area contributed by atoms with Crippen LogP contribution in [-0.2, 0) is 30.9 Å². The Bertz CT molecular complexity index is 871. The number of aliphatic carboxylic acids is 1. The minimum absolute atomic E-state index is 0.0464. The van der Waals surface area contributed by atoms with Gasteiger partial charge in [-0.25, -0.2) is 17.5 Å². The molecule has 31 heavy (non-hydrogen) atoms. The summed E-state index contributed by atoms with van der Waals surface area (Å²) in [6.07, 6.45) is -2.15. The lowest BCUT2D eigenvalue weighted by Crippen LogP contribution is -2.59. The molecule has 3 heterocycles. The van der Waals surface area contributed by atoms with Gasteiger partial charge >= 0.3 is 12.1 Å². The Kier molecular flexibility index (Phi) is 8.00. The van der Waals surface area contributed by atoms with E-state index in [2.05, 4.69) is 4.98 Å². The monoisotopic (exact) mass is 467 g/mol. The van der Waals surface area contributed by atoms with Crippen molar-refractivity contribution in [2.75, 3.05) is 32.0 Å². The summed E-state index contributed by atoms with van der Waals surface area (Å²) in [4.78, 5) is 27.1. The van der Waals surface area contributed by atoms with Crippen LogP contribution in [0, 0.1) is 0 Å². The molecule has 2 fully saturated rings. The molecule has 1 spiro atoms. The van der Waals surface area contributed by atoms with E-state index >= 15 is 0 Å². The number of ether oxygens (including phenoxy) is 1. The molecule has 9 nitrogen and oxygen atoms in total. The molecule has 1 aromatic heterocycles. The number of sulfonamides is 1. The third-order valence-electron chi connectivity index (χ3n) is 5.05. The Labute approximate surface area is 177 Å². The summed E-state index contributed by atoms with van der Waals surface area (Å²) in [5, 5.41) is 7.12. The van der Waals surface area contributed by atoms with Crippen LogP contribution < -0.4 is 0 Å². The summed E-state index contributed by atoms with van der Waals surface area (Å²) in [7, 11) is -3.16. The Hall–Kier alpha value is -2.25. The fraction of sp³-hybridized carbons (Fsp3) is 0.611. The molecule has 2 aliphatic rings. The van der Waals surface area contributed by atoms with Crippen LogP contribution in [0.25, 0.3) is 0 Å². The van der Waals surface area contributed by atoms with Gasteiger partial charge in [0.2, 0.25) is 15.9 Å². The van der Waals surface area contributed by atoms with Gasteiger partial charge in [-0.15, -0.1) is 0 Å². The maximum absolute atomic E-state index is 12.2. The number of carbonyl (C=O) groups is 2. The van der Waals surface area contributed by atoms with Crippen molar-refractivity contribution >= 4 is 21.9 Å². The summed E-state index contributed by atoms with van der Waals surface area (Å²) >= 11 is 0. The zero-order valence-electron chi connectivity index (χ0n) is 16.8. The normalized spacial score (nSPS) is 19.6. The Balaban J connectivity index is 0.000000423. The number of halogens is 3. The summed E-state index contributed by atoms with van der Waals surface area (Å²) in [5.41, 5.74) is 0.400. The van der Waals surface area contributed by atoms with Gasteiger partial charge in [0.15, 0.2) is 0 Å². The molecular formula is C18H24F3N3O6S. The van der Waals surface area contributed by atoms with Crippen molar-refractivity contribution in [3.8, 4) is 0 Å². The number of hydrogen-bond donors (Lipinski definition) is 1. The lowest BCUT2D eigenvalue weighted by atomic mass is 9.90. The third kappa shape index (κ3) is 6.87. The highest BCUT2D eigenvalue weighted by molar-refractivity contribution is 7.89. The number of rotatable bonds is 4. The summed E-state index contributed by atoms with van der Waals surface area (Å²) in [5.74, 6) is -2.69. The SMILES string of the molecule is CCS(=O)(=O)N1CCC2(CC1)CN(Cc1ccccn1)C(=O)CO2.O=C(O)C(F)(F)F. The van der Waals surface area contributed by atoms with E-state index in [1.54, 1.807) is 18.0 Å². The second-order valence-corrected chi connectivity index (χ2v) is 9.40. The first-order valence-corrected chi connectivity index (χ1v) is 11.1. The van der Waals surface area contributed by atoms with Gasteiger partial charge in [0.1, 0.15) is 6.61 Å². The lowest BCUT2D eigenvalue weighted by molar-refractivity contribution is -0.192. The molecule has 174 valence electrons. The maximum atomic E-state index is 12.2. The fourth-order valence-corrected chi connectivity index (χ4v) is 4.38. The molecule has 13 heteroatoms. The Morgan fingerprint density at radius 3 is 2.39 bits per heavy atom. The zero-order valence-corrected chi connectivity index (χ0v) is 17.7. The molecule has 0 atom stereocenters. The molecule has 2 aliphatic heterocycles. The molecule has 0 radical (unpaired) electrons. The largest absolute Gasteiger partial charge is 0.490 e. The number of carbonyl (C=O) groups excluding carboxylic acids is 1. The van der Waals surface area contributed by atoms with Gasteiger partial charge in [0.25, 0.3) is 0 Å². The first-order chi connectivity index (χ1) is 14.4. The van der Waals surface area contributed by atoms with Crippen molar-refractivity contribution in [3.63, 3.8) is 0 Å². The number of alkyl halides is 3. The maximum Gasteiger partial charge on any atom is 0.490 e. The minimum atomic E-state index is -5.08. The van der Waals surface area contributed by atoms with Crippen LogP contribution in [0.3, 0.4) is 0 Å². The van der Waals surface area contributed by atoms with Gasteiger partial charge in [0.05, 0.1) is 30.1 Å². The Morgan fingerprint density at radius 1 is 1.29 bits per heavy atom. The molecular weight excluding hydrogens is 443 g/mol. The van der Waals surface area contributed by atoms with E-state index in [9.17, 15) is 26.4 Å². The molecule has 0 unspecified atom stereocenters. The molecule has 0 bridgehead atoms. The number of piperidine rings is 1. The third-order valence-corrected chi connectivity index (χ3v) is 6.93. The van der Waals surface area contributed by atoms with Gasteiger partial charge in [-0.1, -0.05) is 6.07 Å². The molecule has 0 saturated carbocycles. The van der Waals surface area contributed by atoms with Gasteiger partial charge < -0.3 is 14.7 Å². The zero-order chi connectivity index (χ0) is 23.3. The number of hydrogen-bond acceptors (Lipinski definition) is 6. The second kappa shape index (κ2) is 9.92.